The lowest BCUT2D eigenvalue weighted by Crippen LogP contribution is -2.13. The van der Waals surface area contributed by atoms with Gasteiger partial charge in [0.05, 0.1) is 0 Å². The lowest BCUT2D eigenvalue weighted by molar-refractivity contribution is -0.113. The van der Waals surface area contributed by atoms with Crippen LogP contribution in [0.3, 0.4) is 0 Å². The van der Waals surface area contributed by atoms with Crippen molar-refractivity contribution in [3.8, 4) is 0 Å². The Morgan fingerprint density at radius 3 is 2.62 bits per heavy atom. The minimum absolute atomic E-state index is 0.102. The van der Waals surface area contributed by atoms with E-state index in [1.54, 1.807) is 0 Å². The number of carbonyl (C=O) groups is 1. The molecule has 0 saturated carbocycles. The Morgan fingerprint density at radius 1 is 1.31 bits per heavy atom. The highest BCUT2D eigenvalue weighted by Crippen LogP contribution is 2.10. The zero-order chi connectivity index (χ0) is 11.8. The molecule has 0 spiro atoms. The van der Waals surface area contributed by atoms with Crippen molar-refractivity contribution in [3.63, 3.8) is 0 Å². The number of benzene rings is 1. The van der Waals surface area contributed by atoms with Crippen LogP contribution in [-0.4, -0.2) is 5.91 Å². The molecule has 0 bridgehead atoms. The molecule has 1 amide bonds. The second-order valence-corrected chi connectivity index (χ2v) is 3.60. The maximum Gasteiger partial charge on any atom is 0.250 e. The number of amides is 1. The second kappa shape index (κ2) is 6.62. The van der Waals surface area contributed by atoms with Gasteiger partial charge in [0.15, 0.2) is 0 Å². The number of nitrogens with one attached hydrogen (secondary N) is 1. The molecule has 0 atom stereocenters. The Kier molecular flexibility index (Phi) is 5.06. The van der Waals surface area contributed by atoms with Gasteiger partial charge in [-0.25, -0.2) is 0 Å². The van der Waals surface area contributed by atoms with E-state index in [1.807, 2.05) is 36.4 Å². The highest BCUT2D eigenvalue weighted by molar-refractivity contribution is 6.03. The minimum atomic E-state index is -0.102. The Hall–Kier alpha value is -1.83. The van der Waals surface area contributed by atoms with Gasteiger partial charge in [0.1, 0.15) is 0 Å². The van der Waals surface area contributed by atoms with Crippen LogP contribution in [0.1, 0.15) is 19.3 Å². The van der Waals surface area contributed by atoms with Crippen LogP contribution in [0.2, 0.25) is 0 Å². The van der Waals surface area contributed by atoms with Crippen molar-refractivity contribution in [2.24, 2.45) is 0 Å². The van der Waals surface area contributed by atoms with E-state index in [2.05, 4.69) is 18.5 Å². The summed E-state index contributed by atoms with van der Waals surface area (Å²) in [5.41, 5.74) is 1.42. The van der Waals surface area contributed by atoms with Gasteiger partial charge in [0.25, 0.3) is 5.91 Å². The first-order chi connectivity index (χ1) is 7.74. The molecule has 2 nitrogen and oxygen atoms in total. The normalized spacial score (nSPS) is 9.50. The number of hydrogen-bond acceptors (Lipinski definition) is 1. The zero-order valence-electron chi connectivity index (χ0n) is 9.41. The van der Waals surface area contributed by atoms with Crippen molar-refractivity contribution >= 4 is 11.6 Å². The Labute approximate surface area is 96.7 Å². The number of rotatable bonds is 6. The fourth-order valence-electron chi connectivity index (χ4n) is 1.31. The third kappa shape index (κ3) is 4.13. The van der Waals surface area contributed by atoms with Crippen molar-refractivity contribution in [1.82, 2.24) is 0 Å². The average Bonchev–Trinajstić information content (AvgIpc) is 2.30. The lowest BCUT2D eigenvalue weighted by Gasteiger charge is -2.06. The van der Waals surface area contributed by atoms with Crippen LogP contribution in [0.15, 0.2) is 55.1 Å². The molecule has 0 fully saturated rings. The van der Waals surface area contributed by atoms with Crippen LogP contribution in [0, 0.1) is 0 Å². The van der Waals surface area contributed by atoms with Gasteiger partial charge in [-0.1, -0.05) is 30.9 Å². The molecule has 1 N–H and O–H groups in total. The molecular weight excluding hydrogens is 198 g/mol. The molecule has 16 heavy (non-hydrogen) atoms. The van der Waals surface area contributed by atoms with E-state index >= 15 is 0 Å². The second-order valence-electron chi connectivity index (χ2n) is 3.60. The van der Waals surface area contributed by atoms with Crippen LogP contribution >= 0.6 is 0 Å². The maximum absolute atomic E-state index is 11.7. The summed E-state index contributed by atoms with van der Waals surface area (Å²) in [6, 6.07) is 9.39. The smallest absolute Gasteiger partial charge is 0.250 e. The Balaban J connectivity index is 2.40. The summed E-state index contributed by atoms with van der Waals surface area (Å²) in [6.45, 7) is 7.42. The molecule has 1 aromatic carbocycles. The van der Waals surface area contributed by atoms with Gasteiger partial charge >= 0.3 is 0 Å². The highest BCUT2D eigenvalue weighted by Gasteiger charge is 2.05. The summed E-state index contributed by atoms with van der Waals surface area (Å²) in [4.78, 5) is 11.7. The number of allylic oxidation sites excluding steroid dienone is 1. The van der Waals surface area contributed by atoms with Crippen LogP contribution in [0.4, 0.5) is 5.69 Å². The van der Waals surface area contributed by atoms with E-state index in [0.717, 1.165) is 18.5 Å². The largest absolute Gasteiger partial charge is 0.322 e. The van der Waals surface area contributed by atoms with Crippen molar-refractivity contribution in [2.75, 3.05) is 5.32 Å². The number of unbranched alkanes of at least 4 members (excludes halogenated alkanes) is 1. The molecule has 0 aliphatic rings. The molecule has 84 valence electrons. The Morgan fingerprint density at radius 2 is 2.00 bits per heavy atom. The molecule has 0 aliphatic carbocycles. The maximum atomic E-state index is 11.7. The van der Waals surface area contributed by atoms with Crippen LogP contribution in [0.5, 0.6) is 0 Å². The third-order valence-electron chi connectivity index (χ3n) is 2.24. The first-order valence-electron chi connectivity index (χ1n) is 5.39. The molecule has 0 radical (unpaired) electrons. The summed E-state index contributed by atoms with van der Waals surface area (Å²) in [7, 11) is 0. The van der Waals surface area contributed by atoms with E-state index in [0.29, 0.717) is 12.0 Å². The molecule has 0 unspecified atom stereocenters. The van der Waals surface area contributed by atoms with Crippen LogP contribution in [0.25, 0.3) is 0 Å². The first-order valence-corrected chi connectivity index (χ1v) is 5.39. The van der Waals surface area contributed by atoms with E-state index < -0.39 is 0 Å². The molecule has 1 aromatic rings. The van der Waals surface area contributed by atoms with Crippen molar-refractivity contribution in [3.05, 3.63) is 55.1 Å². The fraction of sp³-hybridized carbons (Fsp3) is 0.214. The average molecular weight is 215 g/mol. The molecule has 2 heteroatoms. The summed E-state index contributed by atoms with van der Waals surface area (Å²) in [5.74, 6) is -0.102. The third-order valence-corrected chi connectivity index (χ3v) is 2.24. The fourth-order valence-corrected chi connectivity index (χ4v) is 1.31. The van der Waals surface area contributed by atoms with Crippen molar-refractivity contribution < 1.29 is 4.79 Å². The number of anilines is 1. The molecule has 0 saturated heterocycles. The van der Waals surface area contributed by atoms with E-state index in [9.17, 15) is 4.79 Å². The van der Waals surface area contributed by atoms with Crippen molar-refractivity contribution in [1.29, 1.82) is 0 Å². The molecule has 1 rings (SSSR count). The number of carbonyl (C=O) groups excluding carboxylic acids is 1. The van der Waals surface area contributed by atoms with Gasteiger partial charge in [-0.15, -0.1) is 6.58 Å². The van der Waals surface area contributed by atoms with E-state index in [1.165, 1.54) is 0 Å². The lowest BCUT2D eigenvalue weighted by atomic mass is 10.1. The zero-order valence-corrected chi connectivity index (χ0v) is 9.41. The summed E-state index contributed by atoms with van der Waals surface area (Å²) in [5, 5.41) is 2.80. The summed E-state index contributed by atoms with van der Waals surface area (Å²) >= 11 is 0. The standard InChI is InChI=1S/C14H17NO/c1-3-4-6-9-12(2)14(16)15-13-10-7-5-8-11-13/h3,5,7-8,10-11H,1-2,4,6,9H2,(H,15,16). The molecular formula is C14H17NO. The SMILES string of the molecule is C=CCCCC(=C)C(=O)Nc1ccccc1. The van der Waals surface area contributed by atoms with Gasteiger partial charge in [0.2, 0.25) is 0 Å². The van der Waals surface area contributed by atoms with E-state index in [-0.39, 0.29) is 5.91 Å². The molecule has 0 heterocycles. The van der Waals surface area contributed by atoms with Crippen LogP contribution in [-0.2, 0) is 4.79 Å². The molecule has 0 aliphatic heterocycles. The van der Waals surface area contributed by atoms with Gasteiger partial charge in [-0.05, 0) is 31.4 Å². The van der Waals surface area contributed by atoms with Gasteiger partial charge in [0, 0.05) is 11.3 Å². The summed E-state index contributed by atoms with van der Waals surface area (Å²) < 4.78 is 0. The minimum Gasteiger partial charge on any atom is -0.322 e. The predicted octanol–water partition coefficient (Wildman–Crippen LogP) is 3.54. The van der Waals surface area contributed by atoms with Gasteiger partial charge in [-0.3, -0.25) is 4.79 Å². The topological polar surface area (TPSA) is 29.1 Å². The van der Waals surface area contributed by atoms with E-state index in [4.69, 9.17) is 0 Å². The molecule has 0 aromatic heterocycles. The number of hydrogen-bond donors (Lipinski definition) is 1. The quantitative estimate of drug-likeness (QED) is 0.439. The first kappa shape index (κ1) is 12.2. The number of para-hydroxylation sites is 1. The van der Waals surface area contributed by atoms with Crippen molar-refractivity contribution in [2.45, 2.75) is 19.3 Å². The monoisotopic (exact) mass is 215 g/mol. The Bertz CT molecular complexity index is 368. The summed E-state index contributed by atoms with van der Waals surface area (Å²) in [6.07, 6.45) is 4.40. The van der Waals surface area contributed by atoms with Gasteiger partial charge < -0.3 is 5.32 Å². The van der Waals surface area contributed by atoms with Gasteiger partial charge in [-0.2, -0.15) is 0 Å². The van der Waals surface area contributed by atoms with Crippen LogP contribution < -0.4 is 5.32 Å². The highest BCUT2D eigenvalue weighted by atomic mass is 16.1. The predicted molar refractivity (Wildman–Crippen MR) is 68.3 cm³/mol.